The normalized spacial score (nSPS) is 11.6. The molecule has 0 radical (unpaired) electrons. The van der Waals surface area contributed by atoms with E-state index in [1.54, 1.807) is 0 Å². The van der Waals surface area contributed by atoms with Crippen molar-refractivity contribution in [3.8, 4) is 33.4 Å². The molecule has 0 N–H and O–H groups in total. The van der Waals surface area contributed by atoms with Crippen LogP contribution in [0.3, 0.4) is 0 Å². The molecule has 11 aromatic rings. The predicted molar refractivity (Wildman–Crippen MR) is 237 cm³/mol. The highest BCUT2D eigenvalue weighted by molar-refractivity contribution is 6.15. The molecule has 2 nitrogen and oxygen atoms in total. The molecule has 0 aliphatic rings. The molecule has 56 heavy (non-hydrogen) atoms. The Balaban J connectivity index is 1.04. The van der Waals surface area contributed by atoms with Crippen molar-refractivity contribution in [1.29, 1.82) is 0 Å². The van der Waals surface area contributed by atoms with E-state index in [9.17, 15) is 0 Å². The van der Waals surface area contributed by atoms with Crippen molar-refractivity contribution < 1.29 is 4.42 Å². The smallest absolute Gasteiger partial charge is 0.143 e. The molecule has 0 aliphatic heterocycles. The maximum atomic E-state index is 6.41. The molecule has 0 aliphatic carbocycles. The monoisotopic (exact) mass is 713 g/mol. The van der Waals surface area contributed by atoms with Gasteiger partial charge in [0.25, 0.3) is 0 Å². The molecule has 0 fully saturated rings. The van der Waals surface area contributed by atoms with Crippen LogP contribution in [0.15, 0.2) is 217 Å². The van der Waals surface area contributed by atoms with Crippen molar-refractivity contribution in [3.05, 3.63) is 212 Å². The Morgan fingerprint density at radius 2 is 0.893 bits per heavy atom. The molecule has 0 saturated heterocycles. The fraction of sp³-hybridized carbons (Fsp3) is 0. The first kappa shape index (κ1) is 32.0. The molecule has 0 saturated carbocycles. The van der Waals surface area contributed by atoms with Crippen LogP contribution in [0.25, 0.3) is 87.6 Å². The third kappa shape index (κ3) is 5.34. The largest absolute Gasteiger partial charge is 0.455 e. The predicted octanol–water partition coefficient (Wildman–Crippen LogP) is 15.5. The zero-order valence-electron chi connectivity index (χ0n) is 30.6. The number of rotatable bonds is 6. The van der Waals surface area contributed by atoms with Crippen LogP contribution >= 0.6 is 0 Å². The van der Waals surface area contributed by atoms with Gasteiger partial charge in [-0.05, 0) is 104 Å². The van der Waals surface area contributed by atoms with Crippen LogP contribution in [0, 0.1) is 0 Å². The van der Waals surface area contributed by atoms with Crippen LogP contribution in [0.4, 0.5) is 17.1 Å². The fourth-order valence-corrected chi connectivity index (χ4v) is 8.55. The lowest BCUT2D eigenvalue weighted by molar-refractivity contribution is 0.672. The number of anilines is 3. The van der Waals surface area contributed by atoms with E-state index in [0.717, 1.165) is 60.9 Å². The molecule has 1 aromatic heterocycles. The summed E-state index contributed by atoms with van der Waals surface area (Å²) >= 11 is 0. The average Bonchev–Trinajstić information content (AvgIpc) is 3.66. The Morgan fingerprint density at radius 3 is 1.77 bits per heavy atom. The summed E-state index contributed by atoms with van der Waals surface area (Å²) in [6, 6.07) is 76.6. The van der Waals surface area contributed by atoms with Gasteiger partial charge in [-0.25, -0.2) is 0 Å². The molecule has 0 spiro atoms. The van der Waals surface area contributed by atoms with Gasteiger partial charge in [0.15, 0.2) is 0 Å². The first-order valence-electron chi connectivity index (χ1n) is 19.2. The minimum atomic E-state index is 0.915. The van der Waals surface area contributed by atoms with Crippen molar-refractivity contribution in [3.63, 3.8) is 0 Å². The second kappa shape index (κ2) is 13.2. The minimum Gasteiger partial charge on any atom is -0.455 e. The number of para-hydroxylation sites is 2. The first-order chi connectivity index (χ1) is 27.8. The Hall–Kier alpha value is -7.42. The van der Waals surface area contributed by atoms with E-state index in [2.05, 4.69) is 205 Å². The molecule has 0 unspecified atom stereocenters. The standard InChI is InChI=1S/C54H35NO/c1-3-18-44-37(12-1)14-10-22-45(44)40-17-9-16-39(34-40)36-26-30-43(31-27-36)55(52-24-11-15-38-13-2-4-19-46(38)52)51-23-7-5-20-47(51)41-28-32-48-42(35-41)29-33-50-49-21-6-8-25-53(49)56-54(48)50/h1-35H. The SMILES string of the molecule is c1cc(-c2ccc(N(c3ccccc3-c3ccc4c(ccc5c6ccccc6oc45)c3)c3cccc4ccccc34)cc2)cc(-c2cccc3ccccc23)c1. The fourth-order valence-electron chi connectivity index (χ4n) is 8.55. The highest BCUT2D eigenvalue weighted by atomic mass is 16.3. The summed E-state index contributed by atoms with van der Waals surface area (Å²) in [6.45, 7) is 0. The second-order valence-corrected chi connectivity index (χ2v) is 14.5. The number of hydrogen-bond acceptors (Lipinski definition) is 2. The molecule has 11 rings (SSSR count). The summed E-state index contributed by atoms with van der Waals surface area (Å²) < 4.78 is 6.41. The zero-order valence-corrected chi connectivity index (χ0v) is 30.6. The van der Waals surface area contributed by atoms with Gasteiger partial charge in [-0.15, -0.1) is 0 Å². The van der Waals surface area contributed by atoms with Crippen LogP contribution in [-0.2, 0) is 0 Å². The maximum Gasteiger partial charge on any atom is 0.143 e. The van der Waals surface area contributed by atoms with Crippen molar-refractivity contribution in [2.75, 3.05) is 4.90 Å². The van der Waals surface area contributed by atoms with Gasteiger partial charge in [0, 0.05) is 32.8 Å². The summed E-state index contributed by atoms with van der Waals surface area (Å²) in [4.78, 5) is 2.42. The van der Waals surface area contributed by atoms with Crippen molar-refractivity contribution in [2.24, 2.45) is 0 Å². The molecule has 0 amide bonds. The second-order valence-electron chi connectivity index (χ2n) is 14.5. The number of benzene rings is 10. The van der Waals surface area contributed by atoms with E-state index >= 15 is 0 Å². The summed E-state index contributed by atoms with van der Waals surface area (Å²) in [5.74, 6) is 0. The van der Waals surface area contributed by atoms with Gasteiger partial charge in [0.2, 0.25) is 0 Å². The van der Waals surface area contributed by atoms with Gasteiger partial charge in [-0.2, -0.15) is 0 Å². The molecule has 10 aromatic carbocycles. The number of hydrogen-bond donors (Lipinski definition) is 0. The quantitative estimate of drug-likeness (QED) is 0.171. The molecular formula is C54H35NO. The zero-order chi connectivity index (χ0) is 37.0. The summed E-state index contributed by atoms with van der Waals surface area (Å²) in [7, 11) is 0. The lowest BCUT2D eigenvalue weighted by atomic mass is 9.95. The van der Waals surface area contributed by atoms with Gasteiger partial charge in [0.1, 0.15) is 11.2 Å². The minimum absolute atomic E-state index is 0.915. The van der Waals surface area contributed by atoms with E-state index in [1.165, 1.54) is 43.8 Å². The number of nitrogens with zero attached hydrogens (tertiary/aromatic N) is 1. The maximum absolute atomic E-state index is 6.41. The first-order valence-corrected chi connectivity index (χ1v) is 19.2. The van der Waals surface area contributed by atoms with Crippen LogP contribution in [0.2, 0.25) is 0 Å². The molecule has 2 heteroatoms. The Labute approximate surface area is 325 Å². The van der Waals surface area contributed by atoms with Crippen LogP contribution in [0.1, 0.15) is 0 Å². The van der Waals surface area contributed by atoms with Crippen molar-refractivity contribution >= 4 is 71.3 Å². The summed E-state index contributed by atoms with van der Waals surface area (Å²) in [5.41, 5.74) is 12.3. The highest BCUT2D eigenvalue weighted by Gasteiger charge is 2.20. The van der Waals surface area contributed by atoms with Crippen LogP contribution in [-0.4, -0.2) is 0 Å². The Kier molecular flexibility index (Phi) is 7.53. The van der Waals surface area contributed by atoms with Crippen LogP contribution in [0.5, 0.6) is 0 Å². The van der Waals surface area contributed by atoms with Crippen molar-refractivity contribution in [1.82, 2.24) is 0 Å². The lowest BCUT2D eigenvalue weighted by Gasteiger charge is -2.29. The van der Waals surface area contributed by atoms with Crippen LogP contribution < -0.4 is 4.90 Å². The topological polar surface area (TPSA) is 16.4 Å². The number of fused-ring (bicyclic) bond motifs is 7. The lowest BCUT2D eigenvalue weighted by Crippen LogP contribution is -2.11. The van der Waals surface area contributed by atoms with E-state index in [-0.39, 0.29) is 0 Å². The van der Waals surface area contributed by atoms with E-state index < -0.39 is 0 Å². The summed E-state index contributed by atoms with van der Waals surface area (Å²) in [6.07, 6.45) is 0. The highest BCUT2D eigenvalue weighted by Crippen LogP contribution is 2.45. The van der Waals surface area contributed by atoms with Gasteiger partial charge in [-0.3, -0.25) is 0 Å². The van der Waals surface area contributed by atoms with Gasteiger partial charge in [0.05, 0.1) is 11.4 Å². The molecule has 262 valence electrons. The molecule has 0 atom stereocenters. The van der Waals surface area contributed by atoms with E-state index in [4.69, 9.17) is 4.42 Å². The van der Waals surface area contributed by atoms with Gasteiger partial charge < -0.3 is 9.32 Å². The molecule has 0 bridgehead atoms. The Bertz CT molecular complexity index is 3250. The van der Waals surface area contributed by atoms with E-state index in [0.29, 0.717) is 0 Å². The van der Waals surface area contributed by atoms with Crippen molar-refractivity contribution in [2.45, 2.75) is 0 Å². The van der Waals surface area contributed by atoms with Gasteiger partial charge in [-0.1, -0.05) is 158 Å². The van der Waals surface area contributed by atoms with E-state index in [1.807, 2.05) is 12.1 Å². The molecule has 1 heterocycles. The third-order valence-corrected chi connectivity index (χ3v) is 11.2. The third-order valence-electron chi connectivity index (χ3n) is 11.2. The number of furan rings is 1. The molecular weight excluding hydrogens is 679 g/mol. The summed E-state index contributed by atoms with van der Waals surface area (Å²) in [5, 5.41) is 9.47. The van der Waals surface area contributed by atoms with Gasteiger partial charge >= 0.3 is 0 Å². The Morgan fingerprint density at radius 1 is 0.304 bits per heavy atom. The average molecular weight is 714 g/mol.